The molecule has 4 nitrogen and oxygen atoms in total. The lowest BCUT2D eigenvalue weighted by Gasteiger charge is -2.13. The molecule has 2 N–H and O–H groups in total. The molecule has 0 spiro atoms. The Labute approximate surface area is 116 Å². The molecule has 1 aromatic carbocycles. The molecule has 1 aliphatic rings. The Morgan fingerprint density at radius 3 is 2.68 bits per heavy atom. The van der Waals surface area contributed by atoms with E-state index in [1.54, 1.807) is 12.1 Å². The van der Waals surface area contributed by atoms with Gasteiger partial charge >= 0.3 is 5.97 Å². The van der Waals surface area contributed by atoms with Crippen LogP contribution in [-0.4, -0.2) is 23.0 Å². The number of nitrogens with one attached hydrogen (secondary N) is 1. The zero-order valence-electron chi connectivity index (χ0n) is 10.6. The third-order valence-electron chi connectivity index (χ3n) is 3.49. The van der Waals surface area contributed by atoms with Crippen molar-refractivity contribution in [2.45, 2.75) is 32.2 Å². The van der Waals surface area contributed by atoms with Gasteiger partial charge in [-0.3, -0.25) is 9.59 Å². The van der Waals surface area contributed by atoms with Crippen molar-refractivity contribution in [2.75, 3.05) is 0 Å². The predicted octanol–water partition coefficient (Wildman–Crippen LogP) is 2.63. The van der Waals surface area contributed by atoms with Gasteiger partial charge in [-0.2, -0.15) is 0 Å². The van der Waals surface area contributed by atoms with E-state index in [4.69, 9.17) is 16.7 Å². The first-order valence-electron chi connectivity index (χ1n) is 6.27. The molecule has 0 unspecified atom stereocenters. The summed E-state index contributed by atoms with van der Waals surface area (Å²) >= 11 is 6.03. The fourth-order valence-corrected chi connectivity index (χ4v) is 2.73. The van der Waals surface area contributed by atoms with Crippen LogP contribution in [0.25, 0.3) is 0 Å². The van der Waals surface area contributed by atoms with E-state index in [9.17, 15) is 9.59 Å². The fraction of sp³-hybridized carbons (Fsp3) is 0.429. The van der Waals surface area contributed by atoms with Gasteiger partial charge in [0, 0.05) is 6.04 Å². The fourth-order valence-electron chi connectivity index (χ4n) is 2.40. The number of amides is 1. The largest absolute Gasteiger partial charge is 0.481 e. The van der Waals surface area contributed by atoms with Crippen LogP contribution >= 0.6 is 11.6 Å². The highest BCUT2D eigenvalue weighted by atomic mass is 35.5. The van der Waals surface area contributed by atoms with Crippen molar-refractivity contribution in [3.63, 3.8) is 0 Å². The Morgan fingerprint density at radius 1 is 1.37 bits per heavy atom. The van der Waals surface area contributed by atoms with Gasteiger partial charge in [-0.25, -0.2) is 0 Å². The van der Waals surface area contributed by atoms with Crippen molar-refractivity contribution in [3.05, 3.63) is 34.3 Å². The summed E-state index contributed by atoms with van der Waals surface area (Å²) < 4.78 is 0. The molecule has 1 aliphatic carbocycles. The van der Waals surface area contributed by atoms with Gasteiger partial charge < -0.3 is 10.4 Å². The number of hydrogen-bond acceptors (Lipinski definition) is 2. The minimum absolute atomic E-state index is 0.0778. The van der Waals surface area contributed by atoms with E-state index in [1.165, 1.54) is 0 Å². The van der Waals surface area contributed by atoms with Crippen molar-refractivity contribution in [1.29, 1.82) is 0 Å². The Kier molecular flexibility index (Phi) is 4.10. The third kappa shape index (κ3) is 3.26. The maximum absolute atomic E-state index is 12.1. The molecule has 0 saturated heterocycles. The van der Waals surface area contributed by atoms with Gasteiger partial charge in [0.2, 0.25) is 0 Å². The minimum atomic E-state index is -0.787. The average molecular weight is 282 g/mol. The molecule has 2 rings (SSSR count). The van der Waals surface area contributed by atoms with Crippen LogP contribution in [-0.2, 0) is 4.79 Å². The molecule has 5 heteroatoms. The summed E-state index contributed by atoms with van der Waals surface area (Å²) in [5, 5.41) is 12.2. The van der Waals surface area contributed by atoms with Crippen molar-refractivity contribution in [3.8, 4) is 0 Å². The summed E-state index contributed by atoms with van der Waals surface area (Å²) in [5.74, 6) is -1.37. The number of carbonyl (C=O) groups excluding carboxylic acids is 1. The van der Waals surface area contributed by atoms with Crippen LogP contribution in [0.4, 0.5) is 0 Å². The van der Waals surface area contributed by atoms with E-state index in [0.29, 0.717) is 29.8 Å². The lowest BCUT2D eigenvalue weighted by Crippen LogP contribution is -2.33. The molecule has 0 radical (unpaired) electrons. The molecule has 1 fully saturated rings. The topological polar surface area (TPSA) is 66.4 Å². The van der Waals surface area contributed by atoms with Crippen LogP contribution in [0.1, 0.15) is 35.2 Å². The number of carboxylic acids is 1. The van der Waals surface area contributed by atoms with Crippen molar-refractivity contribution >= 4 is 23.5 Å². The van der Waals surface area contributed by atoms with E-state index in [1.807, 2.05) is 13.0 Å². The minimum Gasteiger partial charge on any atom is -0.481 e. The lowest BCUT2D eigenvalue weighted by atomic mass is 10.1. The van der Waals surface area contributed by atoms with Crippen molar-refractivity contribution in [2.24, 2.45) is 5.92 Å². The normalized spacial score (nSPS) is 22.2. The quantitative estimate of drug-likeness (QED) is 0.895. The second-order valence-corrected chi connectivity index (χ2v) is 5.41. The Hall–Kier alpha value is -1.55. The highest BCUT2D eigenvalue weighted by molar-refractivity contribution is 6.33. The molecule has 1 aromatic rings. The highest BCUT2D eigenvalue weighted by Gasteiger charge is 2.30. The monoisotopic (exact) mass is 281 g/mol. The molecule has 0 bridgehead atoms. The molecule has 2 atom stereocenters. The third-order valence-corrected chi connectivity index (χ3v) is 3.80. The van der Waals surface area contributed by atoms with E-state index in [0.717, 1.165) is 5.56 Å². The summed E-state index contributed by atoms with van der Waals surface area (Å²) in [4.78, 5) is 22.9. The van der Waals surface area contributed by atoms with Crippen molar-refractivity contribution in [1.82, 2.24) is 5.32 Å². The number of halogens is 1. The number of carboxylic acid groups (broad SMARTS) is 1. The van der Waals surface area contributed by atoms with Gasteiger partial charge in [0.15, 0.2) is 0 Å². The second-order valence-electron chi connectivity index (χ2n) is 5.00. The number of rotatable bonds is 3. The summed E-state index contributed by atoms with van der Waals surface area (Å²) in [6.07, 6.45) is 1.80. The zero-order valence-corrected chi connectivity index (χ0v) is 11.4. The van der Waals surface area contributed by atoms with Gasteiger partial charge in [-0.05, 0) is 43.9 Å². The Bertz CT molecular complexity index is 515. The van der Waals surface area contributed by atoms with Gasteiger partial charge in [-0.1, -0.05) is 17.7 Å². The van der Waals surface area contributed by atoms with Gasteiger partial charge in [0.1, 0.15) is 0 Å². The number of benzene rings is 1. The maximum Gasteiger partial charge on any atom is 0.306 e. The lowest BCUT2D eigenvalue weighted by molar-refractivity contribution is -0.141. The number of aryl methyl sites for hydroxylation is 1. The summed E-state index contributed by atoms with van der Waals surface area (Å²) in [6.45, 7) is 1.90. The SMILES string of the molecule is Cc1ccc(C(=O)N[C@H]2CC[C@@H](C(=O)O)C2)c(Cl)c1. The standard InChI is InChI=1S/C14H16ClNO3/c1-8-2-5-11(12(15)6-8)13(17)16-10-4-3-9(7-10)14(18)19/h2,5-6,9-10H,3-4,7H2,1H3,(H,16,17)(H,18,19)/t9-,10+/m1/s1. The number of carbonyl (C=O) groups is 2. The average Bonchev–Trinajstić information content (AvgIpc) is 2.77. The zero-order chi connectivity index (χ0) is 14.0. The van der Waals surface area contributed by atoms with Crippen LogP contribution in [0.5, 0.6) is 0 Å². The first kappa shape index (κ1) is 13.9. The first-order valence-corrected chi connectivity index (χ1v) is 6.65. The van der Waals surface area contributed by atoms with Crippen LogP contribution in [0.2, 0.25) is 5.02 Å². The number of aliphatic carboxylic acids is 1. The Balaban J connectivity index is 2.00. The molecule has 1 amide bonds. The predicted molar refractivity (Wildman–Crippen MR) is 72.4 cm³/mol. The van der Waals surface area contributed by atoms with E-state index < -0.39 is 5.97 Å². The summed E-state index contributed by atoms with van der Waals surface area (Å²) in [6, 6.07) is 5.18. The summed E-state index contributed by atoms with van der Waals surface area (Å²) in [7, 11) is 0. The summed E-state index contributed by atoms with van der Waals surface area (Å²) in [5.41, 5.74) is 1.43. The van der Waals surface area contributed by atoms with E-state index in [2.05, 4.69) is 5.32 Å². The molecule has 0 heterocycles. The van der Waals surface area contributed by atoms with Gasteiger partial charge in [-0.15, -0.1) is 0 Å². The van der Waals surface area contributed by atoms with E-state index in [-0.39, 0.29) is 17.9 Å². The van der Waals surface area contributed by atoms with Gasteiger partial charge in [0.25, 0.3) is 5.91 Å². The Morgan fingerprint density at radius 2 is 2.11 bits per heavy atom. The van der Waals surface area contributed by atoms with Gasteiger partial charge in [0.05, 0.1) is 16.5 Å². The molecule has 1 saturated carbocycles. The smallest absolute Gasteiger partial charge is 0.306 e. The molecule has 102 valence electrons. The van der Waals surface area contributed by atoms with Crippen LogP contribution in [0.15, 0.2) is 18.2 Å². The van der Waals surface area contributed by atoms with Crippen molar-refractivity contribution < 1.29 is 14.7 Å². The molecular formula is C14H16ClNO3. The van der Waals surface area contributed by atoms with Crippen LogP contribution < -0.4 is 5.32 Å². The first-order chi connectivity index (χ1) is 8.97. The molecule has 19 heavy (non-hydrogen) atoms. The van der Waals surface area contributed by atoms with Crippen LogP contribution in [0, 0.1) is 12.8 Å². The highest BCUT2D eigenvalue weighted by Crippen LogP contribution is 2.26. The molecular weight excluding hydrogens is 266 g/mol. The maximum atomic E-state index is 12.1. The number of hydrogen-bond donors (Lipinski definition) is 2. The second kappa shape index (κ2) is 5.61. The molecule has 0 aliphatic heterocycles. The molecule has 0 aromatic heterocycles. The van der Waals surface area contributed by atoms with Crippen LogP contribution in [0.3, 0.4) is 0 Å². The van der Waals surface area contributed by atoms with E-state index >= 15 is 0 Å².